The molecule has 0 aliphatic carbocycles. The Morgan fingerprint density at radius 2 is 1.80 bits per heavy atom. The molecule has 0 unspecified atom stereocenters. The van der Waals surface area contributed by atoms with Gasteiger partial charge in [-0.05, 0) is 0 Å². The number of carbonyl (C=O) groups excluding carboxylic acids is 1. The maximum absolute atomic E-state index is 9.84. The summed E-state index contributed by atoms with van der Waals surface area (Å²) in [4.78, 5) is 9.84. The van der Waals surface area contributed by atoms with Gasteiger partial charge in [-0.2, -0.15) is 13.5 Å². The van der Waals surface area contributed by atoms with Crippen molar-refractivity contribution in [3.63, 3.8) is 0 Å². The maximum Gasteiger partial charge on any atom is 0.329 e. The van der Waals surface area contributed by atoms with E-state index in [1.165, 1.54) is 38.5 Å². The minimum absolute atomic E-state index is 0. The molecule has 0 radical (unpaired) electrons. The van der Waals surface area contributed by atoms with Crippen molar-refractivity contribution in [3.8, 4) is 0 Å². The quantitative estimate of drug-likeness (QED) is 0.425. The van der Waals surface area contributed by atoms with Crippen LogP contribution in [-0.4, -0.2) is 21.9 Å². The number of rotatable bonds is 2. The van der Waals surface area contributed by atoms with Gasteiger partial charge in [0.2, 0.25) is 0 Å². The zero-order valence-electron chi connectivity index (χ0n) is 9.50. The SMILES string of the molecule is C=CC(=O)OC.C=C[SiH]1CCCCC1.S. The highest BCUT2D eigenvalue weighted by Crippen LogP contribution is 2.18. The summed E-state index contributed by atoms with van der Waals surface area (Å²) in [6.45, 7) is 7.00. The molecule has 0 atom stereocenters. The second-order valence-corrected chi connectivity index (χ2v) is 6.51. The lowest BCUT2D eigenvalue weighted by molar-refractivity contribution is -0.134. The molecule has 1 rings (SSSR count). The molecule has 15 heavy (non-hydrogen) atoms. The van der Waals surface area contributed by atoms with Gasteiger partial charge in [0.1, 0.15) is 0 Å². The first kappa shape index (κ1) is 16.9. The smallest absolute Gasteiger partial charge is 0.329 e. The molecule has 0 saturated carbocycles. The molecule has 0 aromatic rings. The van der Waals surface area contributed by atoms with Crippen LogP contribution in [0.25, 0.3) is 0 Å². The Bertz CT molecular complexity index is 189. The van der Waals surface area contributed by atoms with E-state index in [1.54, 1.807) is 0 Å². The molecule has 1 saturated heterocycles. The lowest BCUT2D eigenvalue weighted by Crippen LogP contribution is -2.11. The van der Waals surface area contributed by atoms with Crippen LogP contribution < -0.4 is 0 Å². The van der Waals surface area contributed by atoms with Crippen LogP contribution in [-0.2, 0) is 9.53 Å². The van der Waals surface area contributed by atoms with Crippen molar-refractivity contribution in [1.29, 1.82) is 0 Å². The van der Waals surface area contributed by atoms with E-state index in [0.717, 1.165) is 6.08 Å². The molecule has 0 aromatic carbocycles. The van der Waals surface area contributed by atoms with Crippen LogP contribution in [0.5, 0.6) is 0 Å². The molecule has 1 aliphatic heterocycles. The van der Waals surface area contributed by atoms with Crippen LogP contribution >= 0.6 is 13.5 Å². The summed E-state index contributed by atoms with van der Waals surface area (Å²) in [7, 11) is 0.968. The summed E-state index contributed by atoms with van der Waals surface area (Å²) < 4.78 is 4.14. The van der Waals surface area contributed by atoms with E-state index in [2.05, 4.69) is 23.6 Å². The summed E-state index contributed by atoms with van der Waals surface area (Å²) in [6, 6.07) is 3.06. The van der Waals surface area contributed by atoms with Crippen LogP contribution in [0.1, 0.15) is 19.3 Å². The fourth-order valence-electron chi connectivity index (χ4n) is 1.45. The van der Waals surface area contributed by atoms with Crippen molar-refractivity contribution in [2.45, 2.75) is 31.4 Å². The van der Waals surface area contributed by atoms with Crippen LogP contribution in [0.2, 0.25) is 12.1 Å². The number of carbonyl (C=O) groups is 1. The van der Waals surface area contributed by atoms with E-state index in [1.807, 2.05) is 0 Å². The van der Waals surface area contributed by atoms with Gasteiger partial charge in [-0.15, -0.1) is 12.3 Å². The Balaban J connectivity index is 0. The monoisotopic (exact) mass is 246 g/mol. The molecular formula is C11H22O2SSi. The van der Waals surface area contributed by atoms with Crippen molar-refractivity contribution in [3.05, 3.63) is 24.9 Å². The Morgan fingerprint density at radius 3 is 2.00 bits per heavy atom. The Kier molecular flexibility index (Phi) is 13.1. The second kappa shape index (κ2) is 11.6. The zero-order valence-corrected chi connectivity index (χ0v) is 11.7. The molecule has 88 valence electrons. The van der Waals surface area contributed by atoms with Crippen molar-refractivity contribution >= 4 is 28.3 Å². The van der Waals surface area contributed by atoms with Crippen LogP contribution in [0.3, 0.4) is 0 Å². The predicted molar refractivity (Wildman–Crippen MR) is 73.4 cm³/mol. The topological polar surface area (TPSA) is 26.3 Å². The zero-order chi connectivity index (χ0) is 10.8. The third-order valence-corrected chi connectivity index (χ3v) is 5.32. The second-order valence-electron chi connectivity index (χ2n) is 3.36. The summed E-state index contributed by atoms with van der Waals surface area (Å²) in [5.41, 5.74) is 2.25. The molecule has 0 amide bonds. The van der Waals surface area contributed by atoms with Crippen LogP contribution in [0.4, 0.5) is 0 Å². The van der Waals surface area contributed by atoms with E-state index < -0.39 is 5.97 Å². The van der Waals surface area contributed by atoms with Crippen molar-refractivity contribution < 1.29 is 9.53 Å². The average Bonchev–Trinajstić information content (AvgIpc) is 2.30. The van der Waals surface area contributed by atoms with Crippen LogP contribution in [0, 0.1) is 0 Å². The molecule has 0 bridgehead atoms. The molecular weight excluding hydrogens is 224 g/mol. The molecule has 1 heterocycles. The van der Waals surface area contributed by atoms with E-state index >= 15 is 0 Å². The highest BCUT2D eigenvalue weighted by molar-refractivity contribution is 7.59. The number of hydrogen-bond donors (Lipinski definition) is 0. The molecule has 0 N–H and O–H groups in total. The first-order valence-corrected chi connectivity index (χ1v) is 7.37. The van der Waals surface area contributed by atoms with Gasteiger partial charge in [0, 0.05) is 6.08 Å². The Morgan fingerprint density at radius 1 is 1.27 bits per heavy atom. The molecule has 4 heteroatoms. The third kappa shape index (κ3) is 9.81. The van der Waals surface area contributed by atoms with E-state index in [0.29, 0.717) is 0 Å². The lowest BCUT2D eigenvalue weighted by atomic mass is 10.3. The number of ether oxygens (including phenoxy) is 1. The summed E-state index contributed by atoms with van der Waals surface area (Å²) >= 11 is 0. The fraction of sp³-hybridized carbons (Fsp3) is 0.545. The number of esters is 1. The standard InChI is InChI=1S/C7H14Si.C4H6O2.H2S/c1-2-8-6-4-3-5-7-8;1-3-4(5)6-2;/h2,8H,1,3-7H2;3H,1H2,2H3;1H2. The van der Waals surface area contributed by atoms with Gasteiger partial charge in [-0.1, -0.05) is 37.9 Å². The van der Waals surface area contributed by atoms with Gasteiger partial charge in [-0.25, -0.2) is 4.79 Å². The predicted octanol–water partition coefficient (Wildman–Crippen LogP) is 2.58. The average molecular weight is 246 g/mol. The molecule has 2 nitrogen and oxygen atoms in total. The summed E-state index contributed by atoms with van der Waals surface area (Å²) in [6.07, 6.45) is 5.57. The van der Waals surface area contributed by atoms with Crippen molar-refractivity contribution in [1.82, 2.24) is 0 Å². The van der Waals surface area contributed by atoms with Crippen molar-refractivity contribution in [2.24, 2.45) is 0 Å². The molecule has 0 spiro atoms. The van der Waals surface area contributed by atoms with E-state index in [4.69, 9.17) is 0 Å². The highest BCUT2D eigenvalue weighted by atomic mass is 32.1. The highest BCUT2D eigenvalue weighted by Gasteiger charge is 2.09. The van der Waals surface area contributed by atoms with Gasteiger partial charge >= 0.3 is 5.97 Å². The van der Waals surface area contributed by atoms with E-state index in [-0.39, 0.29) is 22.3 Å². The lowest BCUT2D eigenvalue weighted by Gasteiger charge is -2.15. The van der Waals surface area contributed by atoms with Gasteiger partial charge in [0.05, 0.1) is 15.9 Å². The van der Waals surface area contributed by atoms with Gasteiger partial charge in [0.15, 0.2) is 0 Å². The number of hydrogen-bond acceptors (Lipinski definition) is 2. The largest absolute Gasteiger partial charge is 0.466 e. The minimum Gasteiger partial charge on any atom is -0.466 e. The Labute approximate surface area is 101 Å². The molecule has 1 fully saturated rings. The Hall–Kier alpha value is -0.483. The van der Waals surface area contributed by atoms with Gasteiger partial charge in [0.25, 0.3) is 0 Å². The summed E-state index contributed by atoms with van der Waals surface area (Å²) in [5.74, 6) is -0.394. The first-order valence-electron chi connectivity index (χ1n) is 5.07. The van der Waals surface area contributed by atoms with Crippen LogP contribution in [0.15, 0.2) is 24.9 Å². The van der Waals surface area contributed by atoms with Gasteiger partial charge < -0.3 is 4.74 Å². The molecule has 0 aromatic heterocycles. The third-order valence-electron chi connectivity index (χ3n) is 2.35. The normalized spacial score (nSPS) is 15.0. The fourth-order valence-corrected chi connectivity index (χ4v) is 3.84. The first-order chi connectivity index (χ1) is 6.74. The summed E-state index contributed by atoms with van der Waals surface area (Å²) in [5, 5.41) is 0. The number of methoxy groups -OCH3 is 1. The molecule has 1 aliphatic rings. The van der Waals surface area contributed by atoms with Crippen molar-refractivity contribution in [2.75, 3.05) is 7.11 Å². The minimum atomic E-state index is -0.394. The van der Waals surface area contributed by atoms with Gasteiger partial charge in [-0.3, -0.25) is 0 Å². The maximum atomic E-state index is 9.84. The van der Waals surface area contributed by atoms with E-state index in [9.17, 15) is 4.79 Å².